The zero-order valence-corrected chi connectivity index (χ0v) is 12.1. The Labute approximate surface area is 111 Å². The smallest absolute Gasteiger partial charge is 0.176 e. The van der Waals surface area contributed by atoms with Crippen LogP contribution in [0.4, 0.5) is 0 Å². The number of likely N-dealkylation sites (N-methyl/N-ethyl adjacent to an activating group) is 1. The monoisotopic (exact) mass is 247 g/mol. The van der Waals surface area contributed by atoms with Crippen molar-refractivity contribution >= 4 is 5.78 Å². The quantitative estimate of drug-likeness (QED) is 0.687. The maximum atomic E-state index is 12.2. The Hall–Kier alpha value is -1.15. The van der Waals surface area contributed by atoms with E-state index in [9.17, 15) is 4.79 Å². The van der Waals surface area contributed by atoms with E-state index in [4.69, 9.17) is 0 Å². The van der Waals surface area contributed by atoms with Crippen molar-refractivity contribution in [3.63, 3.8) is 0 Å². The lowest BCUT2D eigenvalue weighted by atomic mass is 10.1. The van der Waals surface area contributed by atoms with Crippen LogP contribution in [0, 0.1) is 12.8 Å². The molecule has 2 heteroatoms. The minimum atomic E-state index is 0.222. The molecule has 0 spiro atoms. The molecule has 100 valence electrons. The molecule has 2 nitrogen and oxygen atoms in total. The van der Waals surface area contributed by atoms with E-state index in [1.165, 1.54) is 5.56 Å². The number of carbonyl (C=O) groups excluding carboxylic acids is 1. The Kier molecular flexibility index (Phi) is 6.06. The highest BCUT2D eigenvalue weighted by Gasteiger charge is 2.13. The lowest BCUT2D eigenvalue weighted by Crippen LogP contribution is -2.33. The van der Waals surface area contributed by atoms with Crippen molar-refractivity contribution in [2.24, 2.45) is 5.92 Å². The largest absolute Gasteiger partial charge is 0.296 e. The molecule has 0 aliphatic carbocycles. The van der Waals surface area contributed by atoms with Gasteiger partial charge in [-0.05, 0) is 19.4 Å². The first-order chi connectivity index (χ1) is 8.56. The van der Waals surface area contributed by atoms with E-state index >= 15 is 0 Å². The van der Waals surface area contributed by atoms with E-state index in [0.29, 0.717) is 12.5 Å². The molecule has 0 aliphatic heterocycles. The van der Waals surface area contributed by atoms with Crippen molar-refractivity contribution in [2.75, 3.05) is 19.6 Å². The van der Waals surface area contributed by atoms with Gasteiger partial charge in [0.1, 0.15) is 0 Å². The Bertz CT molecular complexity index is 369. The number of carbonyl (C=O) groups is 1. The van der Waals surface area contributed by atoms with Crippen molar-refractivity contribution in [3.05, 3.63) is 35.4 Å². The standard InChI is InChI=1S/C16H25NO/c1-5-13(3)11-17(6-2)12-16(18)15-9-7-14(4)8-10-15/h7-10,13H,5-6,11-12H2,1-4H3. The van der Waals surface area contributed by atoms with Crippen LogP contribution in [0.3, 0.4) is 0 Å². The van der Waals surface area contributed by atoms with E-state index in [1.54, 1.807) is 0 Å². The molecule has 0 saturated carbocycles. The van der Waals surface area contributed by atoms with Crippen molar-refractivity contribution in [1.82, 2.24) is 4.90 Å². The van der Waals surface area contributed by atoms with Gasteiger partial charge in [-0.15, -0.1) is 0 Å². The van der Waals surface area contributed by atoms with Crippen LogP contribution >= 0.6 is 0 Å². The van der Waals surface area contributed by atoms with Crippen LogP contribution in [0.5, 0.6) is 0 Å². The summed E-state index contributed by atoms with van der Waals surface area (Å²) in [5.74, 6) is 0.871. The van der Waals surface area contributed by atoms with Gasteiger partial charge in [0.25, 0.3) is 0 Å². The number of aryl methyl sites for hydroxylation is 1. The van der Waals surface area contributed by atoms with Crippen LogP contribution in [-0.4, -0.2) is 30.3 Å². The van der Waals surface area contributed by atoms with Crippen molar-refractivity contribution in [2.45, 2.75) is 34.1 Å². The SMILES string of the molecule is CCC(C)CN(CC)CC(=O)c1ccc(C)cc1. The third kappa shape index (κ3) is 4.61. The summed E-state index contributed by atoms with van der Waals surface area (Å²) in [4.78, 5) is 14.4. The molecular weight excluding hydrogens is 222 g/mol. The fourth-order valence-corrected chi connectivity index (χ4v) is 1.91. The van der Waals surface area contributed by atoms with E-state index in [1.807, 2.05) is 31.2 Å². The van der Waals surface area contributed by atoms with E-state index in [0.717, 1.165) is 25.1 Å². The normalized spacial score (nSPS) is 12.7. The minimum absolute atomic E-state index is 0.222. The minimum Gasteiger partial charge on any atom is -0.296 e. The highest BCUT2D eigenvalue weighted by atomic mass is 16.1. The predicted octanol–water partition coefficient (Wildman–Crippen LogP) is 3.55. The molecular formula is C16H25NO. The van der Waals surface area contributed by atoms with Gasteiger partial charge in [0.05, 0.1) is 6.54 Å². The second-order valence-corrected chi connectivity index (χ2v) is 5.13. The van der Waals surface area contributed by atoms with Gasteiger partial charge in [-0.25, -0.2) is 0 Å². The van der Waals surface area contributed by atoms with Gasteiger partial charge < -0.3 is 0 Å². The predicted molar refractivity (Wildman–Crippen MR) is 77.1 cm³/mol. The Morgan fingerprint density at radius 2 is 1.83 bits per heavy atom. The molecule has 0 heterocycles. The third-order valence-electron chi connectivity index (χ3n) is 3.45. The third-order valence-corrected chi connectivity index (χ3v) is 3.45. The van der Waals surface area contributed by atoms with E-state index in [2.05, 4.69) is 25.7 Å². The topological polar surface area (TPSA) is 20.3 Å². The second-order valence-electron chi connectivity index (χ2n) is 5.13. The molecule has 0 N–H and O–H groups in total. The maximum absolute atomic E-state index is 12.2. The van der Waals surface area contributed by atoms with Gasteiger partial charge in [0.2, 0.25) is 0 Å². The number of Topliss-reactive ketones (excluding diaryl/α,β-unsaturated/α-hetero) is 1. The molecule has 0 aromatic heterocycles. The summed E-state index contributed by atoms with van der Waals surface area (Å²) >= 11 is 0. The van der Waals surface area contributed by atoms with Crippen molar-refractivity contribution < 1.29 is 4.79 Å². The van der Waals surface area contributed by atoms with Gasteiger partial charge in [-0.1, -0.05) is 57.0 Å². The summed E-state index contributed by atoms with van der Waals surface area (Å²) < 4.78 is 0. The van der Waals surface area contributed by atoms with Gasteiger partial charge >= 0.3 is 0 Å². The Morgan fingerprint density at radius 1 is 1.22 bits per heavy atom. The molecule has 0 amide bonds. The molecule has 0 aliphatic rings. The molecule has 0 radical (unpaired) electrons. The Morgan fingerprint density at radius 3 is 2.33 bits per heavy atom. The van der Waals surface area contributed by atoms with E-state index < -0.39 is 0 Å². The lowest BCUT2D eigenvalue weighted by molar-refractivity contribution is 0.0924. The number of ketones is 1. The highest BCUT2D eigenvalue weighted by molar-refractivity contribution is 5.97. The number of hydrogen-bond donors (Lipinski definition) is 0. The van der Waals surface area contributed by atoms with Gasteiger partial charge in [-0.2, -0.15) is 0 Å². The van der Waals surface area contributed by atoms with Crippen molar-refractivity contribution in [3.8, 4) is 0 Å². The van der Waals surface area contributed by atoms with Gasteiger partial charge in [-0.3, -0.25) is 9.69 Å². The van der Waals surface area contributed by atoms with Crippen LogP contribution in [-0.2, 0) is 0 Å². The fourth-order valence-electron chi connectivity index (χ4n) is 1.91. The number of nitrogens with zero attached hydrogens (tertiary/aromatic N) is 1. The average Bonchev–Trinajstić information content (AvgIpc) is 2.38. The molecule has 0 bridgehead atoms. The summed E-state index contributed by atoms with van der Waals surface area (Å²) in [6.45, 7) is 11.1. The maximum Gasteiger partial charge on any atom is 0.176 e. The van der Waals surface area contributed by atoms with Crippen LogP contribution in [0.2, 0.25) is 0 Å². The summed E-state index contributed by atoms with van der Waals surface area (Å²) in [5, 5.41) is 0. The molecule has 1 unspecified atom stereocenters. The molecule has 0 fully saturated rings. The zero-order chi connectivity index (χ0) is 13.5. The Balaban J connectivity index is 2.59. The summed E-state index contributed by atoms with van der Waals surface area (Å²) in [6.07, 6.45) is 1.16. The summed E-state index contributed by atoms with van der Waals surface area (Å²) in [6, 6.07) is 7.85. The molecule has 1 aromatic rings. The van der Waals surface area contributed by atoms with Crippen LogP contribution in [0.1, 0.15) is 43.1 Å². The first-order valence-electron chi connectivity index (χ1n) is 6.89. The first-order valence-corrected chi connectivity index (χ1v) is 6.89. The van der Waals surface area contributed by atoms with Crippen LogP contribution in [0.15, 0.2) is 24.3 Å². The average molecular weight is 247 g/mol. The molecule has 1 atom stereocenters. The molecule has 0 saturated heterocycles. The lowest BCUT2D eigenvalue weighted by Gasteiger charge is -2.22. The van der Waals surface area contributed by atoms with Crippen LogP contribution < -0.4 is 0 Å². The van der Waals surface area contributed by atoms with Crippen molar-refractivity contribution in [1.29, 1.82) is 0 Å². The number of benzene rings is 1. The zero-order valence-electron chi connectivity index (χ0n) is 12.1. The fraction of sp³-hybridized carbons (Fsp3) is 0.562. The highest BCUT2D eigenvalue weighted by Crippen LogP contribution is 2.08. The first kappa shape index (κ1) is 14.9. The molecule has 18 heavy (non-hydrogen) atoms. The number of hydrogen-bond acceptors (Lipinski definition) is 2. The van der Waals surface area contributed by atoms with Gasteiger partial charge in [0.15, 0.2) is 5.78 Å². The van der Waals surface area contributed by atoms with Gasteiger partial charge in [0, 0.05) is 12.1 Å². The van der Waals surface area contributed by atoms with E-state index in [-0.39, 0.29) is 5.78 Å². The number of rotatable bonds is 7. The van der Waals surface area contributed by atoms with Crippen LogP contribution in [0.25, 0.3) is 0 Å². The summed E-state index contributed by atoms with van der Waals surface area (Å²) in [5.41, 5.74) is 2.02. The second kappa shape index (κ2) is 7.32. The molecule has 1 aromatic carbocycles. The summed E-state index contributed by atoms with van der Waals surface area (Å²) in [7, 11) is 0. The molecule has 1 rings (SSSR count).